The molecule has 0 saturated heterocycles. The Hall–Kier alpha value is -5.92. The molecule has 4 heteroatoms. The van der Waals surface area contributed by atoms with Crippen LogP contribution in [0.5, 0.6) is 0 Å². The highest BCUT2D eigenvalue weighted by Crippen LogP contribution is 2.47. The van der Waals surface area contributed by atoms with Gasteiger partial charge in [-0.15, -0.1) is 0 Å². The molecule has 1 aliphatic heterocycles. The highest BCUT2D eigenvalue weighted by molar-refractivity contribution is 6.37. The van der Waals surface area contributed by atoms with Gasteiger partial charge in [-0.2, -0.15) is 5.26 Å². The lowest BCUT2D eigenvalue weighted by Crippen LogP contribution is -2.12. The first-order valence-corrected chi connectivity index (χ1v) is 15.1. The number of para-hydroxylation sites is 3. The summed E-state index contributed by atoms with van der Waals surface area (Å²) < 4.78 is 4.91. The van der Waals surface area contributed by atoms with Crippen molar-refractivity contribution in [2.75, 3.05) is 0 Å². The number of nitrogens with zero attached hydrogens (tertiary/aromatic N) is 4. The molecule has 0 bridgehead atoms. The van der Waals surface area contributed by atoms with Crippen LogP contribution in [0, 0.1) is 11.3 Å². The van der Waals surface area contributed by atoms with Gasteiger partial charge in [0.25, 0.3) is 0 Å². The third-order valence-corrected chi connectivity index (χ3v) is 9.52. The van der Waals surface area contributed by atoms with Gasteiger partial charge in [-0.3, -0.25) is 4.57 Å². The summed E-state index contributed by atoms with van der Waals surface area (Å²) in [6.07, 6.45) is 3.53. The van der Waals surface area contributed by atoms with Gasteiger partial charge in [0, 0.05) is 49.7 Å². The molecule has 4 heterocycles. The summed E-state index contributed by atoms with van der Waals surface area (Å²) >= 11 is 0. The number of rotatable bonds is 0. The number of aliphatic imine (C=N–C) groups is 1. The third kappa shape index (κ3) is 2.93. The third-order valence-electron chi connectivity index (χ3n) is 9.52. The Bertz CT molecular complexity index is 2780. The lowest BCUT2D eigenvalue weighted by molar-refractivity contribution is 1.03. The van der Waals surface area contributed by atoms with Gasteiger partial charge >= 0.3 is 0 Å². The highest BCUT2D eigenvalue weighted by Gasteiger charge is 2.26. The van der Waals surface area contributed by atoms with Crippen LogP contribution < -0.4 is 0 Å². The van der Waals surface area contributed by atoms with Gasteiger partial charge in [0.05, 0.1) is 44.9 Å². The number of fused-ring (bicyclic) bond motifs is 13. The van der Waals surface area contributed by atoms with Crippen molar-refractivity contribution in [2.45, 2.75) is 12.8 Å². The number of allylic oxidation sites excluding steroid dienone is 2. The molecule has 0 spiro atoms. The Morgan fingerprint density at radius 2 is 1.32 bits per heavy atom. The highest BCUT2D eigenvalue weighted by atomic mass is 15.1. The van der Waals surface area contributed by atoms with E-state index in [1.807, 2.05) is 24.3 Å². The van der Waals surface area contributed by atoms with Crippen LogP contribution in [0.25, 0.3) is 76.2 Å². The lowest BCUT2D eigenvalue weighted by Gasteiger charge is -2.15. The zero-order valence-corrected chi connectivity index (χ0v) is 23.8. The normalized spacial score (nSPS) is 16.3. The molecular formula is C40H24N4. The van der Waals surface area contributed by atoms with Crippen LogP contribution in [0.15, 0.2) is 126 Å². The second-order valence-electron chi connectivity index (χ2n) is 11.7. The van der Waals surface area contributed by atoms with Crippen LogP contribution in [0.3, 0.4) is 0 Å². The Morgan fingerprint density at radius 1 is 0.614 bits per heavy atom. The topological polar surface area (TPSA) is 45.5 Å². The maximum atomic E-state index is 9.92. The number of nitriles is 1. The fraction of sp³-hybridized carbons (Fsp3) is 0.0500. The molecule has 6 aromatic carbocycles. The molecule has 1 aliphatic rings. The molecule has 0 saturated carbocycles. The standard InChI is InChI=1S/C40H24N4/c41-23-25-11-9-19-36(42-33-16-6-3-12-26(25)33)43-34-17-7-4-14-28(34)31-22-32-29-15-5-8-18-35(29)44-38-27-13-2-1-10-24(27)20-21-30(38)37(39(31)43)40(32)44/h1-8,10-18,20-22H,9,19H2/b25-11-,42-36+. The quantitative estimate of drug-likeness (QED) is 0.182. The van der Waals surface area contributed by atoms with Crippen molar-refractivity contribution in [2.24, 2.45) is 4.99 Å². The maximum Gasteiger partial charge on any atom is 0.114 e. The minimum Gasteiger partial charge on any atom is -0.307 e. The summed E-state index contributed by atoms with van der Waals surface area (Å²) in [5, 5.41) is 19.9. The Balaban J connectivity index is 1.46. The first-order chi connectivity index (χ1) is 21.8. The van der Waals surface area contributed by atoms with Crippen LogP contribution in [-0.2, 0) is 0 Å². The van der Waals surface area contributed by atoms with Gasteiger partial charge in [-0.1, -0.05) is 97.1 Å². The molecule has 0 N–H and O–H groups in total. The molecule has 204 valence electrons. The van der Waals surface area contributed by atoms with E-state index in [4.69, 9.17) is 4.99 Å². The monoisotopic (exact) mass is 560 g/mol. The van der Waals surface area contributed by atoms with E-state index in [0.29, 0.717) is 5.57 Å². The van der Waals surface area contributed by atoms with E-state index >= 15 is 0 Å². The summed E-state index contributed by atoms with van der Waals surface area (Å²) in [6.45, 7) is 0. The molecule has 44 heavy (non-hydrogen) atoms. The summed E-state index contributed by atoms with van der Waals surface area (Å²) in [4.78, 5) is 5.34. The summed E-state index contributed by atoms with van der Waals surface area (Å²) in [5.74, 6) is 0.990. The van der Waals surface area contributed by atoms with Gasteiger partial charge < -0.3 is 4.40 Å². The number of aromatic nitrogens is 2. The Kier molecular flexibility index (Phi) is 4.60. The average Bonchev–Trinajstić information content (AvgIpc) is 3.70. The first kappa shape index (κ1) is 23.6. The molecule has 0 unspecified atom stereocenters. The number of hydrogen-bond donors (Lipinski definition) is 0. The second-order valence-corrected chi connectivity index (χ2v) is 11.7. The molecule has 0 atom stereocenters. The Labute approximate surface area is 252 Å². The summed E-state index contributed by atoms with van der Waals surface area (Å²) in [5.41, 5.74) is 8.49. The molecule has 3 aromatic heterocycles. The zero-order valence-electron chi connectivity index (χ0n) is 23.8. The molecular weight excluding hydrogens is 536 g/mol. The van der Waals surface area contributed by atoms with Gasteiger partial charge in [0.1, 0.15) is 5.84 Å². The van der Waals surface area contributed by atoms with E-state index in [0.717, 1.165) is 35.4 Å². The molecule has 0 amide bonds. The van der Waals surface area contributed by atoms with Crippen molar-refractivity contribution < 1.29 is 0 Å². The van der Waals surface area contributed by atoms with Crippen LogP contribution >= 0.6 is 0 Å². The summed E-state index contributed by atoms with van der Waals surface area (Å²) in [6, 6.07) is 43.7. The fourth-order valence-electron chi connectivity index (χ4n) is 7.74. The second kappa shape index (κ2) is 8.56. The van der Waals surface area contributed by atoms with E-state index in [-0.39, 0.29) is 0 Å². The van der Waals surface area contributed by atoms with Crippen molar-refractivity contribution in [1.82, 2.24) is 8.97 Å². The van der Waals surface area contributed by atoms with Crippen LogP contribution in [0.4, 0.5) is 5.69 Å². The summed E-state index contributed by atoms with van der Waals surface area (Å²) in [7, 11) is 0. The lowest BCUT2D eigenvalue weighted by atomic mass is 10.0. The largest absolute Gasteiger partial charge is 0.307 e. The van der Waals surface area contributed by atoms with Crippen LogP contribution in [0.1, 0.15) is 18.4 Å². The van der Waals surface area contributed by atoms with Gasteiger partial charge in [0.15, 0.2) is 0 Å². The SMILES string of the molecule is N#C/C1=C/CC/C(n2c3ccccc3c3cc4c5ccccc5n5c6c7ccccc7ccc6c(c32)c45)=N\c2ccccc21. The predicted molar refractivity (Wildman–Crippen MR) is 183 cm³/mol. The van der Waals surface area contributed by atoms with Crippen molar-refractivity contribution in [3.8, 4) is 6.07 Å². The minimum absolute atomic E-state index is 0.691. The van der Waals surface area contributed by atoms with Crippen LogP contribution in [-0.4, -0.2) is 14.8 Å². The predicted octanol–water partition coefficient (Wildman–Crippen LogP) is 10.4. The average molecular weight is 561 g/mol. The van der Waals surface area contributed by atoms with E-state index < -0.39 is 0 Å². The van der Waals surface area contributed by atoms with Gasteiger partial charge in [-0.25, -0.2) is 4.99 Å². The maximum absolute atomic E-state index is 9.92. The van der Waals surface area contributed by atoms with Crippen molar-refractivity contribution in [1.29, 1.82) is 5.26 Å². The van der Waals surface area contributed by atoms with E-state index in [9.17, 15) is 5.26 Å². The number of hydrogen-bond acceptors (Lipinski definition) is 2. The smallest absolute Gasteiger partial charge is 0.114 e. The molecule has 0 aliphatic carbocycles. The fourth-order valence-corrected chi connectivity index (χ4v) is 7.74. The van der Waals surface area contributed by atoms with Crippen LogP contribution in [0.2, 0.25) is 0 Å². The molecule has 9 aromatic rings. The van der Waals surface area contributed by atoms with E-state index in [1.165, 1.54) is 65.2 Å². The van der Waals surface area contributed by atoms with Crippen molar-refractivity contribution >= 4 is 87.8 Å². The van der Waals surface area contributed by atoms with Crippen molar-refractivity contribution in [3.05, 3.63) is 127 Å². The molecule has 0 radical (unpaired) electrons. The molecule has 4 nitrogen and oxygen atoms in total. The zero-order chi connectivity index (χ0) is 28.9. The van der Waals surface area contributed by atoms with E-state index in [1.54, 1.807) is 0 Å². The van der Waals surface area contributed by atoms with E-state index in [2.05, 4.69) is 112 Å². The molecule has 10 rings (SSSR count). The number of benzene rings is 6. The minimum atomic E-state index is 0.691. The first-order valence-electron chi connectivity index (χ1n) is 15.1. The Morgan fingerprint density at radius 3 is 2.18 bits per heavy atom. The van der Waals surface area contributed by atoms with Gasteiger partial charge in [0.2, 0.25) is 0 Å². The molecule has 0 fully saturated rings. The van der Waals surface area contributed by atoms with Crippen molar-refractivity contribution in [3.63, 3.8) is 0 Å². The van der Waals surface area contributed by atoms with Gasteiger partial charge in [-0.05, 0) is 36.1 Å².